The molecule has 3 N–H and O–H groups in total. The number of aromatic nitrogens is 3. The average molecular weight is 406 g/mol. The van der Waals surface area contributed by atoms with Crippen LogP contribution in [-0.2, 0) is 17.8 Å². The number of hydrogen-bond acceptors (Lipinski definition) is 6. The summed E-state index contributed by atoms with van der Waals surface area (Å²) in [5.74, 6) is 2.13. The lowest BCUT2D eigenvalue weighted by Gasteiger charge is -2.04. The zero-order chi connectivity index (χ0) is 21.3. The second-order valence-electron chi connectivity index (χ2n) is 7.04. The molecule has 0 aliphatic rings. The number of benzene rings is 2. The highest BCUT2D eigenvalue weighted by Gasteiger charge is 2.14. The Labute approximate surface area is 172 Å². The van der Waals surface area contributed by atoms with Gasteiger partial charge in [-0.25, -0.2) is 9.97 Å². The summed E-state index contributed by atoms with van der Waals surface area (Å²) >= 11 is 0. The van der Waals surface area contributed by atoms with Crippen molar-refractivity contribution in [1.82, 2.24) is 20.3 Å². The maximum Gasteiger partial charge on any atom is 0.226 e. The van der Waals surface area contributed by atoms with E-state index in [2.05, 4.69) is 20.3 Å². The molecule has 0 saturated heterocycles. The molecule has 8 heteroatoms. The van der Waals surface area contributed by atoms with Crippen molar-refractivity contribution in [3.05, 3.63) is 59.2 Å². The van der Waals surface area contributed by atoms with E-state index in [1.165, 1.54) is 13.2 Å². The summed E-state index contributed by atoms with van der Waals surface area (Å²) in [7, 11) is 1.48. The van der Waals surface area contributed by atoms with Crippen LogP contribution in [0.5, 0.6) is 11.5 Å². The number of aromatic amines is 1. The fourth-order valence-corrected chi connectivity index (χ4v) is 3.25. The molecule has 4 rings (SSSR count). The van der Waals surface area contributed by atoms with E-state index in [1.807, 2.05) is 25.1 Å². The van der Waals surface area contributed by atoms with Crippen molar-refractivity contribution in [2.75, 3.05) is 7.11 Å². The molecule has 0 atom stereocenters. The summed E-state index contributed by atoms with van der Waals surface area (Å²) < 4.78 is 10.9. The van der Waals surface area contributed by atoms with Crippen molar-refractivity contribution in [1.29, 1.82) is 0 Å². The third kappa shape index (κ3) is 3.98. The number of nitrogens with one attached hydrogen (secondary N) is 2. The molecule has 2 aromatic heterocycles. The molecule has 1 amide bonds. The summed E-state index contributed by atoms with van der Waals surface area (Å²) in [5, 5.41) is 12.6. The van der Waals surface area contributed by atoms with Gasteiger partial charge in [0.25, 0.3) is 0 Å². The fourth-order valence-electron chi connectivity index (χ4n) is 3.25. The van der Waals surface area contributed by atoms with E-state index < -0.39 is 0 Å². The van der Waals surface area contributed by atoms with Crippen molar-refractivity contribution in [2.45, 2.75) is 26.8 Å². The molecule has 0 unspecified atom stereocenters. The van der Waals surface area contributed by atoms with Gasteiger partial charge in [-0.05, 0) is 49.7 Å². The minimum absolute atomic E-state index is 0.0421. The summed E-state index contributed by atoms with van der Waals surface area (Å²) in [4.78, 5) is 24.4. The summed E-state index contributed by atoms with van der Waals surface area (Å²) in [5.41, 5.74) is 4.02. The van der Waals surface area contributed by atoms with E-state index in [4.69, 9.17) is 9.15 Å². The van der Waals surface area contributed by atoms with Gasteiger partial charge in [0, 0.05) is 5.56 Å². The Morgan fingerprint density at radius 1 is 1.20 bits per heavy atom. The van der Waals surface area contributed by atoms with E-state index in [1.54, 1.807) is 19.1 Å². The second kappa shape index (κ2) is 7.90. The zero-order valence-electron chi connectivity index (χ0n) is 16.9. The lowest BCUT2D eigenvalue weighted by atomic mass is 10.1. The van der Waals surface area contributed by atoms with Gasteiger partial charge in [0.05, 0.1) is 31.1 Å². The van der Waals surface area contributed by atoms with Crippen LogP contribution >= 0.6 is 0 Å². The average Bonchev–Trinajstić information content (AvgIpc) is 3.27. The topological polar surface area (TPSA) is 113 Å². The van der Waals surface area contributed by atoms with Crippen LogP contribution in [0.3, 0.4) is 0 Å². The molecule has 30 heavy (non-hydrogen) atoms. The number of nitrogens with zero attached hydrogens (tertiary/aromatic N) is 2. The number of carbonyl (C=O) groups excluding carboxylic acids is 1. The summed E-state index contributed by atoms with van der Waals surface area (Å²) in [6.07, 6.45) is 0.257. The molecule has 0 aliphatic heterocycles. The third-order valence-corrected chi connectivity index (χ3v) is 4.80. The van der Waals surface area contributed by atoms with Crippen LogP contribution in [0, 0.1) is 13.8 Å². The Balaban J connectivity index is 1.42. The van der Waals surface area contributed by atoms with Gasteiger partial charge in [0.15, 0.2) is 11.5 Å². The van der Waals surface area contributed by atoms with Gasteiger partial charge in [-0.3, -0.25) is 4.79 Å². The van der Waals surface area contributed by atoms with Crippen LogP contribution < -0.4 is 10.1 Å². The number of phenolic OH excluding ortho intramolecular Hbond substituents is 1. The van der Waals surface area contributed by atoms with Crippen LogP contribution in [0.2, 0.25) is 0 Å². The Bertz CT molecular complexity index is 1230. The molecule has 4 aromatic rings. The number of aryl methyl sites for hydroxylation is 2. The lowest BCUT2D eigenvalue weighted by Crippen LogP contribution is -2.25. The number of ether oxygens (including phenoxy) is 1. The largest absolute Gasteiger partial charge is 0.504 e. The first-order valence-corrected chi connectivity index (χ1v) is 9.48. The SMILES string of the molecule is COc1cc(-c2nc(CNC(=O)Cc3ccc4nc(C)[nH]c4c3)c(C)o2)ccc1O. The highest BCUT2D eigenvalue weighted by atomic mass is 16.5. The van der Waals surface area contributed by atoms with Gasteiger partial charge in [-0.2, -0.15) is 0 Å². The number of fused-ring (bicyclic) bond motifs is 1. The molecular formula is C22H22N4O4. The maximum absolute atomic E-state index is 12.4. The molecule has 2 heterocycles. The molecule has 0 fully saturated rings. The monoisotopic (exact) mass is 406 g/mol. The normalized spacial score (nSPS) is 11.0. The van der Waals surface area contributed by atoms with Gasteiger partial charge in [-0.1, -0.05) is 6.07 Å². The minimum atomic E-state index is -0.110. The number of carbonyl (C=O) groups is 1. The van der Waals surface area contributed by atoms with E-state index in [9.17, 15) is 9.90 Å². The van der Waals surface area contributed by atoms with Crippen LogP contribution in [-0.4, -0.2) is 33.1 Å². The zero-order valence-corrected chi connectivity index (χ0v) is 16.9. The Kier molecular flexibility index (Phi) is 5.14. The standard InChI is InChI=1S/C22H22N4O4/c1-12-18(26-22(30-12)15-5-7-19(27)20(10-15)29-3)11-23-21(28)9-14-4-6-16-17(8-14)25-13(2)24-16/h4-8,10,27H,9,11H2,1-3H3,(H,23,28)(H,24,25). The van der Waals surface area contributed by atoms with Gasteiger partial charge >= 0.3 is 0 Å². The molecule has 2 aromatic carbocycles. The number of methoxy groups -OCH3 is 1. The minimum Gasteiger partial charge on any atom is -0.504 e. The molecule has 154 valence electrons. The first-order valence-electron chi connectivity index (χ1n) is 9.48. The van der Waals surface area contributed by atoms with Crippen molar-refractivity contribution < 1.29 is 19.1 Å². The fraction of sp³-hybridized carbons (Fsp3) is 0.227. The van der Waals surface area contributed by atoms with Crippen LogP contribution in [0.1, 0.15) is 22.8 Å². The summed E-state index contributed by atoms with van der Waals surface area (Å²) in [6, 6.07) is 10.6. The Morgan fingerprint density at radius 2 is 2.03 bits per heavy atom. The lowest BCUT2D eigenvalue weighted by molar-refractivity contribution is -0.120. The number of H-pyrrole nitrogens is 1. The van der Waals surface area contributed by atoms with Crippen LogP contribution in [0.25, 0.3) is 22.5 Å². The number of aromatic hydroxyl groups is 1. The van der Waals surface area contributed by atoms with Gasteiger partial charge in [-0.15, -0.1) is 0 Å². The quantitative estimate of drug-likeness (QED) is 0.452. The predicted octanol–water partition coefficient (Wildman–Crippen LogP) is 3.41. The Hall–Kier alpha value is -3.81. The summed E-state index contributed by atoms with van der Waals surface area (Å²) in [6.45, 7) is 3.95. The van der Waals surface area contributed by atoms with Crippen molar-refractivity contribution >= 4 is 16.9 Å². The van der Waals surface area contributed by atoms with Crippen molar-refractivity contribution in [2.24, 2.45) is 0 Å². The highest BCUT2D eigenvalue weighted by Crippen LogP contribution is 2.31. The van der Waals surface area contributed by atoms with Gasteiger partial charge in [0.2, 0.25) is 11.8 Å². The van der Waals surface area contributed by atoms with E-state index in [0.717, 1.165) is 22.4 Å². The molecule has 0 bridgehead atoms. The maximum atomic E-state index is 12.4. The Morgan fingerprint density at radius 3 is 2.83 bits per heavy atom. The molecular weight excluding hydrogens is 384 g/mol. The molecule has 8 nitrogen and oxygen atoms in total. The number of hydrogen-bond donors (Lipinski definition) is 3. The first kappa shape index (κ1) is 19.5. The molecule has 0 saturated carbocycles. The van der Waals surface area contributed by atoms with Gasteiger partial charge < -0.3 is 24.6 Å². The van der Waals surface area contributed by atoms with Crippen molar-refractivity contribution in [3.63, 3.8) is 0 Å². The van der Waals surface area contributed by atoms with Crippen LogP contribution in [0.4, 0.5) is 0 Å². The van der Waals surface area contributed by atoms with Crippen LogP contribution in [0.15, 0.2) is 40.8 Å². The molecule has 0 radical (unpaired) electrons. The van der Waals surface area contributed by atoms with E-state index in [-0.39, 0.29) is 24.6 Å². The molecule has 0 aliphatic carbocycles. The number of rotatable bonds is 6. The second-order valence-corrected chi connectivity index (χ2v) is 7.04. The van der Waals surface area contributed by atoms with E-state index >= 15 is 0 Å². The smallest absolute Gasteiger partial charge is 0.226 e. The number of imidazole rings is 1. The van der Waals surface area contributed by atoms with Crippen molar-refractivity contribution in [3.8, 4) is 23.0 Å². The predicted molar refractivity (Wildman–Crippen MR) is 111 cm³/mol. The third-order valence-electron chi connectivity index (χ3n) is 4.80. The number of amides is 1. The number of oxazole rings is 1. The molecule has 0 spiro atoms. The first-order chi connectivity index (χ1) is 14.4. The highest BCUT2D eigenvalue weighted by molar-refractivity contribution is 5.81. The van der Waals surface area contributed by atoms with E-state index in [0.29, 0.717) is 28.7 Å². The van der Waals surface area contributed by atoms with Gasteiger partial charge in [0.1, 0.15) is 17.3 Å². The number of phenols is 1.